The van der Waals surface area contributed by atoms with E-state index in [1.807, 2.05) is 0 Å². The minimum absolute atomic E-state index is 0.0433. The molecule has 0 saturated heterocycles. The van der Waals surface area contributed by atoms with Crippen molar-refractivity contribution in [2.75, 3.05) is 13.1 Å². The second-order valence-corrected chi connectivity index (χ2v) is 8.04. The van der Waals surface area contributed by atoms with Crippen LogP contribution in [-0.4, -0.2) is 45.3 Å². The number of benzene rings is 2. The molecule has 2 aromatic carbocycles. The number of alkyl halides is 3. The van der Waals surface area contributed by atoms with Crippen molar-refractivity contribution >= 4 is 11.8 Å². The maximum Gasteiger partial charge on any atom is 0.422 e. The van der Waals surface area contributed by atoms with Gasteiger partial charge in [-0.1, -0.05) is 64.9 Å². The minimum atomic E-state index is -4.81. The maximum absolute atomic E-state index is 13.9. The van der Waals surface area contributed by atoms with E-state index in [0.717, 1.165) is 0 Å². The Hall–Kier alpha value is -4.52. The Labute approximate surface area is 213 Å². The van der Waals surface area contributed by atoms with Crippen molar-refractivity contribution in [3.05, 3.63) is 65.7 Å². The molecule has 4 aromatic rings. The lowest BCUT2D eigenvalue weighted by Gasteiger charge is -2.12. The summed E-state index contributed by atoms with van der Waals surface area (Å²) in [4.78, 5) is 27.7. The van der Waals surface area contributed by atoms with Crippen molar-refractivity contribution in [2.45, 2.75) is 25.6 Å². The predicted octanol–water partition coefficient (Wildman–Crippen LogP) is 3.75. The molecule has 1 unspecified atom stereocenters. The molecule has 1 atom stereocenters. The summed E-state index contributed by atoms with van der Waals surface area (Å²) in [7, 11) is 0. The molecule has 38 heavy (non-hydrogen) atoms. The summed E-state index contributed by atoms with van der Waals surface area (Å²) in [5.74, 6) is -2.19. The molecule has 10 nitrogen and oxygen atoms in total. The molecule has 0 aliphatic heterocycles. The fourth-order valence-electron chi connectivity index (χ4n) is 3.57. The van der Waals surface area contributed by atoms with E-state index in [2.05, 4.69) is 25.9 Å². The first-order valence-electron chi connectivity index (χ1n) is 11.5. The van der Waals surface area contributed by atoms with Gasteiger partial charge in [0.25, 0.3) is 11.8 Å². The van der Waals surface area contributed by atoms with E-state index >= 15 is 0 Å². The number of hydrogen-bond acceptors (Lipinski definition) is 8. The molecule has 0 bridgehead atoms. The Morgan fingerprint density at radius 1 is 0.974 bits per heavy atom. The Balaban J connectivity index is 1.50. The van der Waals surface area contributed by atoms with Gasteiger partial charge in [0.15, 0.2) is 6.10 Å². The minimum Gasteiger partial charge on any atom is -0.378 e. The number of nitrogens with zero attached hydrogens (tertiary/aromatic N) is 3. The number of nitrogens with one attached hydrogen (secondary N) is 2. The Bertz CT molecular complexity index is 1400. The number of amides is 2. The van der Waals surface area contributed by atoms with Crippen molar-refractivity contribution in [2.24, 2.45) is 0 Å². The van der Waals surface area contributed by atoms with E-state index in [0.29, 0.717) is 12.1 Å². The number of aromatic nitrogens is 3. The second kappa shape index (κ2) is 11.3. The number of carbonyl (C=O) groups excluding carboxylic acids is 2. The lowest BCUT2D eigenvalue weighted by Crippen LogP contribution is -2.33. The van der Waals surface area contributed by atoms with Gasteiger partial charge < -0.3 is 24.8 Å². The third kappa shape index (κ3) is 5.89. The monoisotopic (exact) mass is 529 g/mol. The summed E-state index contributed by atoms with van der Waals surface area (Å²) in [5.41, 5.74) is -0.748. The van der Waals surface area contributed by atoms with Crippen molar-refractivity contribution in [1.82, 2.24) is 25.9 Å². The summed E-state index contributed by atoms with van der Waals surface area (Å²) in [6.45, 7) is 2.30. The van der Waals surface area contributed by atoms with Crippen molar-refractivity contribution in [1.29, 1.82) is 0 Å². The van der Waals surface area contributed by atoms with Gasteiger partial charge in [0.05, 0.1) is 0 Å². The molecular weight excluding hydrogens is 507 g/mol. The van der Waals surface area contributed by atoms with Gasteiger partial charge in [0, 0.05) is 30.6 Å². The zero-order valence-electron chi connectivity index (χ0n) is 20.0. The normalized spacial score (nSPS) is 12.2. The number of rotatable bonds is 9. The van der Waals surface area contributed by atoms with Gasteiger partial charge in [-0.25, -0.2) is 0 Å². The smallest absolute Gasteiger partial charge is 0.378 e. The number of hydrogen-bond donors (Lipinski definition) is 3. The molecule has 2 aromatic heterocycles. The average Bonchev–Trinajstić information content (AvgIpc) is 3.57. The highest BCUT2D eigenvalue weighted by Gasteiger charge is 2.43. The van der Waals surface area contributed by atoms with Crippen LogP contribution in [0.2, 0.25) is 0 Å². The van der Waals surface area contributed by atoms with Gasteiger partial charge in [-0.15, -0.1) is 0 Å². The van der Waals surface area contributed by atoms with E-state index in [-0.39, 0.29) is 35.8 Å². The van der Waals surface area contributed by atoms with Crippen LogP contribution in [0.3, 0.4) is 0 Å². The molecule has 0 aliphatic carbocycles. The Morgan fingerprint density at radius 2 is 1.68 bits per heavy atom. The molecule has 3 N–H and O–H groups in total. The van der Waals surface area contributed by atoms with E-state index in [9.17, 15) is 27.9 Å². The highest BCUT2D eigenvalue weighted by molar-refractivity contribution is 5.83. The van der Waals surface area contributed by atoms with Crippen LogP contribution in [0, 0.1) is 0 Å². The quantitative estimate of drug-likeness (QED) is 0.298. The third-order valence-electron chi connectivity index (χ3n) is 5.40. The number of aliphatic hydroxyl groups excluding tert-OH is 1. The van der Waals surface area contributed by atoms with Gasteiger partial charge in [-0.05, 0) is 12.5 Å². The zero-order valence-corrected chi connectivity index (χ0v) is 20.0. The van der Waals surface area contributed by atoms with Gasteiger partial charge in [0.2, 0.25) is 17.5 Å². The van der Waals surface area contributed by atoms with Gasteiger partial charge in [0.1, 0.15) is 11.3 Å². The van der Waals surface area contributed by atoms with Gasteiger partial charge in [-0.2, -0.15) is 18.2 Å². The topological polar surface area (TPSA) is 143 Å². The summed E-state index contributed by atoms with van der Waals surface area (Å²) >= 11 is 0. The summed E-state index contributed by atoms with van der Waals surface area (Å²) in [6.07, 6.45) is -6.24. The first-order valence-corrected chi connectivity index (χ1v) is 11.5. The molecule has 198 valence electrons. The lowest BCUT2D eigenvalue weighted by atomic mass is 10.1. The zero-order chi connectivity index (χ0) is 27.3. The van der Waals surface area contributed by atoms with E-state index in [4.69, 9.17) is 9.05 Å². The van der Waals surface area contributed by atoms with Crippen molar-refractivity contribution in [3.8, 4) is 34.3 Å². The Morgan fingerprint density at radius 3 is 2.34 bits per heavy atom. The highest BCUT2D eigenvalue weighted by Crippen LogP contribution is 2.43. The van der Waals surface area contributed by atoms with Gasteiger partial charge >= 0.3 is 6.18 Å². The lowest BCUT2D eigenvalue weighted by molar-refractivity contribution is -0.137. The fourth-order valence-corrected chi connectivity index (χ4v) is 3.57. The van der Waals surface area contributed by atoms with Crippen LogP contribution in [0.1, 0.15) is 30.6 Å². The van der Waals surface area contributed by atoms with Crippen LogP contribution in [0.25, 0.3) is 34.3 Å². The fraction of sp³-hybridized carbons (Fsp3) is 0.240. The maximum atomic E-state index is 13.9. The summed E-state index contributed by atoms with van der Waals surface area (Å²) in [6, 6.07) is 13.5. The number of carbonyl (C=O) groups is 2. The molecule has 0 saturated carbocycles. The molecule has 0 aliphatic rings. The Kier molecular flexibility index (Phi) is 7.86. The second-order valence-electron chi connectivity index (χ2n) is 8.04. The van der Waals surface area contributed by atoms with Crippen LogP contribution >= 0.6 is 0 Å². The third-order valence-corrected chi connectivity index (χ3v) is 5.40. The SMILES string of the molecule is CCNC(=O)CCNC(=O)C(O)c1ccc(-c2noc(-c3onc(-c4ccccc4)c3C(F)(F)F)n2)cc1. The molecule has 0 spiro atoms. The summed E-state index contributed by atoms with van der Waals surface area (Å²) in [5, 5.41) is 22.7. The highest BCUT2D eigenvalue weighted by atomic mass is 19.4. The van der Waals surface area contributed by atoms with Crippen LogP contribution in [0.15, 0.2) is 63.6 Å². The molecule has 0 fully saturated rings. The van der Waals surface area contributed by atoms with E-state index in [1.54, 1.807) is 25.1 Å². The average molecular weight is 529 g/mol. The molecular formula is C25H22F3N5O5. The standard InChI is InChI=1S/C25H22F3N5O5/c1-2-29-17(34)12-13-30-23(36)20(35)15-8-10-16(11-9-15)22-31-24(38-33-22)21-18(25(26,27)28)19(32-37-21)14-6-4-3-5-7-14/h3-11,20,35H,2,12-13H2,1H3,(H,29,34)(H,30,36). The molecule has 0 radical (unpaired) electrons. The summed E-state index contributed by atoms with van der Waals surface area (Å²) < 4.78 is 51.8. The van der Waals surface area contributed by atoms with Crippen LogP contribution in [0.5, 0.6) is 0 Å². The van der Waals surface area contributed by atoms with Crippen LogP contribution in [-0.2, 0) is 15.8 Å². The van der Waals surface area contributed by atoms with Crippen LogP contribution < -0.4 is 10.6 Å². The molecule has 4 rings (SSSR count). The number of halogens is 3. The molecule has 2 heterocycles. The predicted molar refractivity (Wildman–Crippen MR) is 127 cm³/mol. The van der Waals surface area contributed by atoms with Crippen molar-refractivity contribution < 1.29 is 36.9 Å². The van der Waals surface area contributed by atoms with Crippen molar-refractivity contribution in [3.63, 3.8) is 0 Å². The molecule has 13 heteroatoms. The van der Waals surface area contributed by atoms with Gasteiger partial charge in [-0.3, -0.25) is 9.59 Å². The molecule has 2 amide bonds. The van der Waals surface area contributed by atoms with E-state index in [1.165, 1.54) is 36.4 Å². The largest absolute Gasteiger partial charge is 0.422 e. The first-order chi connectivity index (χ1) is 18.2. The van der Waals surface area contributed by atoms with E-state index < -0.39 is 41.1 Å². The van der Waals surface area contributed by atoms with Crippen LogP contribution in [0.4, 0.5) is 13.2 Å². The number of aliphatic hydroxyl groups is 1. The first kappa shape index (κ1) is 26.5.